The minimum absolute atomic E-state index is 0.256. The smallest absolute Gasteiger partial charge is 0.206 e. The maximum atomic E-state index is 12.6. The maximum absolute atomic E-state index is 12.6. The fourth-order valence-corrected chi connectivity index (χ4v) is 3.90. The van der Waals surface area contributed by atoms with Gasteiger partial charge in [0, 0.05) is 36.9 Å². The van der Waals surface area contributed by atoms with E-state index in [0.29, 0.717) is 9.92 Å². The first kappa shape index (κ1) is 15.3. The first-order valence-corrected chi connectivity index (χ1v) is 9.00. The Morgan fingerprint density at radius 2 is 1.36 bits per heavy atom. The van der Waals surface area contributed by atoms with Crippen molar-refractivity contribution in [1.82, 2.24) is 5.32 Å². The second-order valence-corrected chi connectivity index (χ2v) is 7.57. The van der Waals surface area contributed by atoms with Gasteiger partial charge >= 0.3 is 0 Å². The van der Waals surface area contributed by atoms with E-state index in [9.17, 15) is 8.42 Å². The van der Waals surface area contributed by atoms with Gasteiger partial charge in [-0.1, -0.05) is 11.6 Å². The quantitative estimate of drug-likeness (QED) is 0.936. The number of anilines is 1. The van der Waals surface area contributed by atoms with Crippen LogP contribution in [0.4, 0.5) is 5.69 Å². The van der Waals surface area contributed by atoms with Gasteiger partial charge < -0.3 is 10.2 Å². The summed E-state index contributed by atoms with van der Waals surface area (Å²) in [6, 6.07) is 13.3. The molecule has 3 rings (SSSR count). The summed E-state index contributed by atoms with van der Waals surface area (Å²) in [6.45, 7) is 3.77. The zero-order valence-electron chi connectivity index (χ0n) is 12.0. The second kappa shape index (κ2) is 6.28. The Morgan fingerprint density at radius 3 is 1.91 bits per heavy atom. The molecule has 116 valence electrons. The Kier molecular flexibility index (Phi) is 4.38. The molecule has 0 saturated carbocycles. The van der Waals surface area contributed by atoms with Crippen molar-refractivity contribution in [2.24, 2.45) is 0 Å². The van der Waals surface area contributed by atoms with E-state index in [1.54, 1.807) is 24.3 Å². The molecule has 0 amide bonds. The van der Waals surface area contributed by atoms with Gasteiger partial charge in [0.25, 0.3) is 0 Å². The Morgan fingerprint density at radius 1 is 0.864 bits per heavy atom. The van der Waals surface area contributed by atoms with Crippen LogP contribution in [0.1, 0.15) is 0 Å². The third-order valence-corrected chi connectivity index (χ3v) is 5.79. The van der Waals surface area contributed by atoms with Gasteiger partial charge in [0.05, 0.1) is 9.79 Å². The highest BCUT2D eigenvalue weighted by atomic mass is 35.5. The van der Waals surface area contributed by atoms with Crippen LogP contribution < -0.4 is 10.2 Å². The lowest BCUT2D eigenvalue weighted by molar-refractivity contribution is 0.588. The number of halogens is 1. The number of rotatable bonds is 3. The monoisotopic (exact) mass is 336 g/mol. The first-order valence-electron chi connectivity index (χ1n) is 7.14. The van der Waals surface area contributed by atoms with E-state index in [4.69, 9.17) is 11.6 Å². The molecular formula is C16H17ClN2O2S. The number of benzene rings is 2. The Labute approximate surface area is 135 Å². The van der Waals surface area contributed by atoms with Gasteiger partial charge in [-0.15, -0.1) is 0 Å². The molecule has 0 spiro atoms. The summed E-state index contributed by atoms with van der Waals surface area (Å²) < 4.78 is 25.1. The molecule has 0 atom stereocenters. The molecule has 0 aromatic heterocycles. The number of hydrogen-bond acceptors (Lipinski definition) is 4. The Balaban J connectivity index is 1.86. The largest absolute Gasteiger partial charge is 0.369 e. The highest BCUT2D eigenvalue weighted by molar-refractivity contribution is 7.91. The van der Waals surface area contributed by atoms with E-state index in [1.165, 1.54) is 12.1 Å². The van der Waals surface area contributed by atoms with Crippen molar-refractivity contribution < 1.29 is 8.42 Å². The van der Waals surface area contributed by atoms with Gasteiger partial charge in [-0.25, -0.2) is 8.42 Å². The molecule has 1 heterocycles. The summed E-state index contributed by atoms with van der Waals surface area (Å²) in [7, 11) is -3.49. The van der Waals surface area contributed by atoms with Crippen LogP contribution in [0.15, 0.2) is 58.3 Å². The summed E-state index contributed by atoms with van der Waals surface area (Å²) in [5.41, 5.74) is 1.05. The van der Waals surface area contributed by atoms with Crippen molar-refractivity contribution in [1.29, 1.82) is 0 Å². The van der Waals surface area contributed by atoms with Crippen LogP contribution in [0.3, 0.4) is 0 Å². The molecule has 4 nitrogen and oxygen atoms in total. The van der Waals surface area contributed by atoms with Crippen LogP contribution in [0.25, 0.3) is 0 Å². The lowest BCUT2D eigenvalue weighted by Gasteiger charge is -2.29. The van der Waals surface area contributed by atoms with E-state index in [1.807, 2.05) is 12.1 Å². The topological polar surface area (TPSA) is 49.4 Å². The van der Waals surface area contributed by atoms with Crippen molar-refractivity contribution in [2.75, 3.05) is 31.1 Å². The first-order chi connectivity index (χ1) is 10.6. The molecule has 1 aliphatic heterocycles. The normalized spacial score (nSPS) is 15.8. The van der Waals surface area contributed by atoms with Crippen molar-refractivity contribution in [2.45, 2.75) is 9.79 Å². The Bertz CT molecular complexity index is 737. The van der Waals surface area contributed by atoms with Crippen molar-refractivity contribution in [3.8, 4) is 0 Å². The molecule has 1 N–H and O–H groups in total. The van der Waals surface area contributed by atoms with Crippen LogP contribution in [-0.4, -0.2) is 34.6 Å². The number of nitrogens with zero attached hydrogens (tertiary/aromatic N) is 1. The number of hydrogen-bond donors (Lipinski definition) is 1. The van der Waals surface area contributed by atoms with Crippen molar-refractivity contribution in [3.63, 3.8) is 0 Å². The predicted molar refractivity (Wildman–Crippen MR) is 88.4 cm³/mol. The fraction of sp³-hybridized carbons (Fsp3) is 0.250. The molecule has 2 aromatic rings. The highest BCUT2D eigenvalue weighted by Crippen LogP contribution is 2.25. The lowest BCUT2D eigenvalue weighted by atomic mass is 10.2. The summed E-state index contributed by atoms with van der Waals surface area (Å²) in [5.74, 6) is 0. The van der Waals surface area contributed by atoms with Gasteiger partial charge in [0.2, 0.25) is 9.84 Å². The minimum Gasteiger partial charge on any atom is -0.369 e. The molecule has 0 aliphatic carbocycles. The molecule has 2 aromatic carbocycles. The van der Waals surface area contributed by atoms with Crippen LogP contribution in [-0.2, 0) is 9.84 Å². The summed E-state index contributed by atoms with van der Waals surface area (Å²) in [6.07, 6.45) is 0. The predicted octanol–water partition coefficient (Wildman–Crippen LogP) is 2.58. The van der Waals surface area contributed by atoms with Gasteiger partial charge in [-0.05, 0) is 48.5 Å². The van der Waals surface area contributed by atoms with Gasteiger partial charge in [0.1, 0.15) is 0 Å². The van der Waals surface area contributed by atoms with Crippen molar-refractivity contribution >= 4 is 27.1 Å². The SMILES string of the molecule is O=S(=O)(c1ccc(Cl)cc1)c1ccc(N2CCNCC2)cc1. The lowest BCUT2D eigenvalue weighted by Crippen LogP contribution is -2.43. The summed E-state index contributed by atoms with van der Waals surface area (Å²) in [4.78, 5) is 2.80. The van der Waals surface area contributed by atoms with E-state index >= 15 is 0 Å². The molecule has 1 aliphatic rings. The molecule has 0 unspecified atom stereocenters. The van der Waals surface area contributed by atoms with Gasteiger partial charge in [0.15, 0.2) is 0 Å². The highest BCUT2D eigenvalue weighted by Gasteiger charge is 2.18. The molecular weight excluding hydrogens is 320 g/mol. The molecule has 22 heavy (non-hydrogen) atoms. The summed E-state index contributed by atoms with van der Waals surface area (Å²) >= 11 is 5.81. The van der Waals surface area contributed by atoms with Crippen molar-refractivity contribution in [3.05, 3.63) is 53.6 Å². The van der Waals surface area contributed by atoms with E-state index < -0.39 is 9.84 Å². The molecule has 1 saturated heterocycles. The number of sulfone groups is 1. The molecule has 1 fully saturated rings. The average molecular weight is 337 g/mol. The number of piperazine rings is 1. The minimum atomic E-state index is -3.49. The fourth-order valence-electron chi connectivity index (χ4n) is 2.51. The van der Waals surface area contributed by atoms with E-state index in [0.717, 1.165) is 31.9 Å². The molecule has 0 radical (unpaired) electrons. The van der Waals surface area contributed by atoms with Crippen LogP contribution in [0.2, 0.25) is 5.02 Å². The third-order valence-electron chi connectivity index (χ3n) is 3.75. The van der Waals surface area contributed by atoms with Gasteiger partial charge in [-0.3, -0.25) is 0 Å². The van der Waals surface area contributed by atoms with Crippen LogP contribution >= 0.6 is 11.6 Å². The number of nitrogens with one attached hydrogen (secondary N) is 1. The van der Waals surface area contributed by atoms with E-state index in [2.05, 4.69) is 10.2 Å². The van der Waals surface area contributed by atoms with Crippen LogP contribution in [0.5, 0.6) is 0 Å². The second-order valence-electron chi connectivity index (χ2n) is 5.19. The van der Waals surface area contributed by atoms with Gasteiger partial charge in [-0.2, -0.15) is 0 Å². The zero-order chi connectivity index (χ0) is 15.6. The third kappa shape index (κ3) is 3.11. The molecule has 0 bridgehead atoms. The summed E-state index contributed by atoms with van der Waals surface area (Å²) in [5, 5.41) is 3.82. The average Bonchev–Trinajstić information content (AvgIpc) is 2.56. The standard InChI is InChI=1S/C16H17ClN2O2S/c17-13-1-5-15(6-2-13)22(20,21)16-7-3-14(4-8-16)19-11-9-18-10-12-19/h1-8,18H,9-12H2. The molecule has 6 heteroatoms. The zero-order valence-corrected chi connectivity index (χ0v) is 13.6. The maximum Gasteiger partial charge on any atom is 0.206 e. The van der Waals surface area contributed by atoms with Crippen LogP contribution in [0, 0.1) is 0 Å². The van der Waals surface area contributed by atoms with E-state index in [-0.39, 0.29) is 4.90 Å². The Hall–Kier alpha value is -1.56.